The summed E-state index contributed by atoms with van der Waals surface area (Å²) in [7, 11) is 0. The summed E-state index contributed by atoms with van der Waals surface area (Å²) in [5.41, 5.74) is 6.65. The average molecular weight is 539 g/mol. The maximum Gasteiger partial charge on any atom is 0.118 e. The zero-order valence-corrected chi connectivity index (χ0v) is 24.1. The molecule has 4 N–H and O–H groups in total. The van der Waals surface area contributed by atoms with E-state index in [1.165, 1.54) is 30.4 Å². The topological polar surface area (TPSA) is 80.9 Å². The van der Waals surface area contributed by atoms with Gasteiger partial charge >= 0.3 is 0 Å². The molecule has 40 heavy (non-hydrogen) atoms. The Kier molecular flexibility index (Phi) is 8.78. The van der Waals surface area contributed by atoms with Crippen LogP contribution >= 0.6 is 0 Å². The monoisotopic (exact) mass is 538 g/mol. The number of phenolic OH excluding ortho intramolecular Hbond substituents is 4. The SMILES string of the molecule is CCC(C)(c1ccc(O)cc1)c1ccc(O)cc1.Cc1cc(C2(c3ccc(O)c(C)c3)CCCCC2)ccc1O. The lowest BCUT2D eigenvalue weighted by Crippen LogP contribution is -2.30. The maximum absolute atomic E-state index is 9.84. The minimum Gasteiger partial charge on any atom is -0.508 e. The molecule has 1 aliphatic rings. The molecule has 210 valence electrons. The number of hydrogen-bond donors (Lipinski definition) is 4. The Bertz CT molecular complexity index is 1320. The highest BCUT2D eigenvalue weighted by atomic mass is 16.3. The Morgan fingerprint density at radius 3 is 1.35 bits per heavy atom. The van der Waals surface area contributed by atoms with Gasteiger partial charge in [-0.25, -0.2) is 0 Å². The van der Waals surface area contributed by atoms with Gasteiger partial charge in [-0.1, -0.05) is 81.6 Å². The zero-order valence-electron chi connectivity index (χ0n) is 24.1. The first-order chi connectivity index (χ1) is 19.1. The molecule has 1 fully saturated rings. The molecule has 0 atom stereocenters. The summed E-state index contributed by atoms with van der Waals surface area (Å²) in [6, 6.07) is 26.7. The van der Waals surface area contributed by atoms with Gasteiger partial charge in [0.2, 0.25) is 0 Å². The molecule has 1 aliphatic carbocycles. The molecule has 0 aliphatic heterocycles. The van der Waals surface area contributed by atoms with E-state index in [0.717, 1.165) is 41.5 Å². The van der Waals surface area contributed by atoms with Crippen LogP contribution in [0.4, 0.5) is 0 Å². The third-order valence-electron chi connectivity index (χ3n) is 8.92. The van der Waals surface area contributed by atoms with E-state index in [1.807, 2.05) is 50.2 Å². The highest BCUT2D eigenvalue weighted by Crippen LogP contribution is 2.46. The molecule has 4 aromatic carbocycles. The lowest BCUT2D eigenvalue weighted by molar-refractivity contribution is 0.344. The Hall–Kier alpha value is -3.92. The van der Waals surface area contributed by atoms with Crippen LogP contribution in [-0.2, 0) is 10.8 Å². The van der Waals surface area contributed by atoms with E-state index in [9.17, 15) is 20.4 Å². The Balaban J connectivity index is 0.000000189. The summed E-state index contributed by atoms with van der Waals surface area (Å²) in [6.07, 6.45) is 6.93. The van der Waals surface area contributed by atoms with Crippen LogP contribution in [0.25, 0.3) is 0 Å². The van der Waals surface area contributed by atoms with Crippen LogP contribution in [0.1, 0.15) is 85.8 Å². The maximum atomic E-state index is 9.84. The molecule has 4 nitrogen and oxygen atoms in total. The smallest absolute Gasteiger partial charge is 0.118 e. The molecule has 0 unspecified atom stereocenters. The first-order valence-corrected chi connectivity index (χ1v) is 14.3. The quantitative estimate of drug-likeness (QED) is 0.205. The molecule has 4 heteroatoms. The third kappa shape index (κ3) is 5.96. The molecule has 0 radical (unpaired) electrons. The van der Waals surface area contributed by atoms with Gasteiger partial charge in [0.25, 0.3) is 0 Å². The molecular formula is C36H42O4. The zero-order chi connectivity index (χ0) is 28.9. The summed E-state index contributed by atoms with van der Waals surface area (Å²) in [6.45, 7) is 8.22. The first kappa shape index (κ1) is 29.1. The van der Waals surface area contributed by atoms with E-state index in [-0.39, 0.29) is 22.3 Å². The largest absolute Gasteiger partial charge is 0.508 e. The van der Waals surface area contributed by atoms with Crippen molar-refractivity contribution < 1.29 is 20.4 Å². The highest BCUT2D eigenvalue weighted by molar-refractivity contribution is 5.48. The number of rotatable bonds is 5. The molecule has 0 aromatic heterocycles. The van der Waals surface area contributed by atoms with Crippen molar-refractivity contribution in [1.82, 2.24) is 0 Å². The molecule has 4 aromatic rings. The fourth-order valence-corrected chi connectivity index (χ4v) is 6.04. The van der Waals surface area contributed by atoms with Gasteiger partial charge in [-0.3, -0.25) is 0 Å². The van der Waals surface area contributed by atoms with Crippen molar-refractivity contribution in [2.24, 2.45) is 0 Å². The Labute approximate surface area is 238 Å². The highest BCUT2D eigenvalue weighted by Gasteiger charge is 2.36. The van der Waals surface area contributed by atoms with Gasteiger partial charge in [0.05, 0.1) is 0 Å². The van der Waals surface area contributed by atoms with Gasteiger partial charge in [-0.05, 0) is 103 Å². The van der Waals surface area contributed by atoms with Gasteiger partial charge in [-0.2, -0.15) is 0 Å². The molecule has 0 spiro atoms. The summed E-state index contributed by atoms with van der Waals surface area (Å²) < 4.78 is 0. The van der Waals surface area contributed by atoms with Gasteiger partial charge in [0, 0.05) is 10.8 Å². The fourth-order valence-electron chi connectivity index (χ4n) is 6.04. The summed E-state index contributed by atoms with van der Waals surface area (Å²) in [4.78, 5) is 0. The van der Waals surface area contributed by atoms with Crippen molar-refractivity contribution in [3.8, 4) is 23.0 Å². The number of aryl methyl sites for hydroxylation is 2. The number of phenols is 4. The molecule has 0 amide bonds. The standard InChI is InChI=1S/C20H24O2.C16H18O2/c1-14-12-16(6-8-18(14)21)20(10-4-3-5-11-20)17-7-9-19(22)15(2)13-17;1-3-16(2,12-4-8-14(17)9-5-12)13-6-10-15(18)11-7-13/h6-9,12-13,21-22H,3-5,10-11H2,1-2H3;4-11,17-18H,3H2,1-2H3. The third-order valence-corrected chi connectivity index (χ3v) is 8.92. The molecule has 0 saturated heterocycles. The number of aromatic hydroxyl groups is 4. The summed E-state index contributed by atoms with van der Waals surface area (Å²) in [5.74, 6) is 1.28. The van der Waals surface area contributed by atoms with Crippen LogP contribution in [0.2, 0.25) is 0 Å². The van der Waals surface area contributed by atoms with Crippen molar-refractivity contribution in [3.63, 3.8) is 0 Å². The van der Waals surface area contributed by atoms with E-state index >= 15 is 0 Å². The van der Waals surface area contributed by atoms with Crippen LogP contribution in [0.3, 0.4) is 0 Å². The van der Waals surface area contributed by atoms with Gasteiger partial charge in [-0.15, -0.1) is 0 Å². The molecule has 1 saturated carbocycles. The number of hydrogen-bond acceptors (Lipinski definition) is 4. The van der Waals surface area contributed by atoms with E-state index in [2.05, 4.69) is 38.1 Å². The lowest BCUT2D eigenvalue weighted by atomic mass is 9.65. The van der Waals surface area contributed by atoms with Crippen molar-refractivity contribution in [3.05, 3.63) is 118 Å². The first-order valence-electron chi connectivity index (χ1n) is 14.3. The van der Waals surface area contributed by atoms with Crippen LogP contribution in [0.15, 0.2) is 84.9 Å². The van der Waals surface area contributed by atoms with Gasteiger partial charge < -0.3 is 20.4 Å². The van der Waals surface area contributed by atoms with Crippen LogP contribution in [0, 0.1) is 13.8 Å². The second-order valence-electron chi connectivity index (χ2n) is 11.4. The molecule has 0 bridgehead atoms. The number of benzene rings is 4. The van der Waals surface area contributed by atoms with Crippen LogP contribution in [-0.4, -0.2) is 20.4 Å². The van der Waals surface area contributed by atoms with E-state index in [0.29, 0.717) is 11.5 Å². The molecule has 5 rings (SSSR count). The lowest BCUT2D eigenvalue weighted by Gasteiger charge is -2.39. The van der Waals surface area contributed by atoms with Crippen molar-refractivity contribution >= 4 is 0 Å². The Morgan fingerprint density at radius 2 is 1.00 bits per heavy atom. The van der Waals surface area contributed by atoms with E-state index in [1.54, 1.807) is 24.3 Å². The minimum atomic E-state index is -0.110. The normalized spacial score (nSPS) is 14.7. The minimum absolute atomic E-state index is 0.00910. The molecular weight excluding hydrogens is 496 g/mol. The second-order valence-corrected chi connectivity index (χ2v) is 11.4. The Morgan fingerprint density at radius 1 is 0.600 bits per heavy atom. The van der Waals surface area contributed by atoms with Crippen molar-refractivity contribution in [1.29, 1.82) is 0 Å². The summed E-state index contributed by atoms with van der Waals surface area (Å²) >= 11 is 0. The van der Waals surface area contributed by atoms with Gasteiger partial charge in [0.15, 0.2) is 0 Å². The van der Waals surface area contributed by atoms with E-state index < -0.39 is 0 Å². The predicted molar refractivity (Wildman–Crippen MR) is 163 cm³/mol. The average Bonchev–Trinajstić information content (AvgIpc) is 2.97. The van der Waals surface area contributed by atoms with Crippen LogP contribution < -0.4 is 0 Å². The van der Waals surface area contributed by atoms with Crippen molar-refractivity contribution in [2.45, 2.75) is 77.0 Å². The van der Waals surface area contributed by atoms with Crippen LogP contribution in [0.5, 0.6) is 23.0 Å². The van der Waals surface area contributed by atoms with Gasteiger partial charge in [0.1, 0.15) is 23.0 Å². The predicted octanol–water partition coefficient (Wildman–Crippen LogP) is 8.78. The second kappa shape index (κ2) is 12.1. The fraction of sp³-hybridized carbons (Fsp3) is 0.333. The molecule has 0 heterocycles. The summed E-state index contributed by atoms with van der Waals surface area (Å²) in [5, 5.41) is 38.4. The van der Waals surface area contributed by atoms with E-state index in [4.69, 9.17) is 0 Å². The van der Waals surface area contributed by atoms with Crippen molar-refractivity contribution in [2.75, 3.05) is 0 Å².